The molecule has 0 atom stereocenters. The molecule has 0 aromatic heterocycles. The van der Waals surface area contributed by atoms with E-state index in [4.69, 9.17) is 14.8 Å². The van der Waals surface area contributed by atoms with Crippen molar-refractivity contribution in [3.63, 3.8) is 0 Å². The molecule has 1 aliphatic heterocycles. The lowest BCUT2D eigenvalue weighted by atomic mass is 10.2. The van der Waals surface area contributed by atoms with Gasteiger partial charge in [-0.25, -0.2) is 0 Å². The smallest absolute Gasteiger partial charge is 0.0389 e. The number of hydrogen-bond donors (Lipinski definition) is 3. The molecular weight excluding hydrogens is 138 g/mol. The van der Waals surface area contributed by atoms with Gasteiger partial charge in [0.05, 0.1) is 0 Å². The Morgan fingerprint density at radius 1 is 1.22 bits per heavy atom. The van der Waals surface area contributed by atoms with Crippen LogP contribution >= 0.6 is 10.6 Å². The Balaban J connectivity index is 2.35. The van der Waals surface area contributed by atoms with Gasteiger partial charge in [-0.1, -0.05) is 0 Å². The number of rotatable bonds is 0. The molecule has 1 saturated heterocycles. The molecule has 0 saturated carbocycles. The summed E-state index contributed by atoms with van der Waals surface area (Å²) in [6, 6.07) is 0.199. The first-order chi connectivity index (χ1) is 4.10. The van der Waals surface area contributed by atoms with Gasteiger partial charge in [-0.3, -0.25) is 9.11 Å². The first-order valence-electron chi connectivity index (χ1n) is 3.09. The minimum atomic E-state index is -2.20. The van der Waals surface area contributed by atoms with Gasteiger partial charge in [0, 0.05) is 17.5 Å². The lowest BCUT2D eigenvalue weighted by Crippen LogP contribution is -2.30. The maximum Gasteiger partial charge on any atom is 0.0389 e. The average Bonchev–Trinajstić information content (AvgIpc) is 1.78. The molecule has 0 radical (unpaired) electrons. The largest absolute Gasteiger partial charge is 0.328 e. The van der Waals surface area contributed by atoms with Gasteiger partial charge in [0.2, 0.25) is 0 Å². The quantitative estimate of drug-likeness (QED) is 0.481. The van der Waals surface area contributed by atoms with Crippen LogP contribution in [0.25, 0.3) is 0 Å². The van der Waals surface area contributed by atoms with E-state index >= 15 is 0 Å². The normalized spacial score (nSPS) is 31.9. The molecule has 0 unspecified atom stereocenters. The van der Waals surface area contributed by atoms with Crippen molar-refractivity contribution in [2.75, 3.05) is 11.5 Å². The van der Waals surface area contributed by atoms with Gasteiger partial charge in [0.1, 0.15) is 0 Å². The molecule has 1 aliphatic rings. The second-order valence-corrected chi connectivity index (χ2v) is 4.97. The molecular formula is C5H13NO2S. The Bertz CT molecular complexity index is 97.1. The van der Waals surface area contributed by atoms with E-state index in [2.05, 4.69) is 0 Å². The standard InChI is InChI=1S/C5H13NO2S/c6-5-1-3-9(7,8)4-2-5/h5,7-8H,1-4,6H2. The Morgan fingerprint density at radius 3 is 2.00 bits per heavy atom. The maximum atomic E-state index is 9.08. The topological polar surface area (TPSA) is 66.5 Å². The zero-order valence-corrected chi connectivity index (χ0v) is 6.10. The van der Waals surface area contributed by atoms with Gasteiger partial charge in [-0.15, -0.1) is 0 Å². The molecule has 1 rings (SSSR count). The molecule has 0 aliphatic carbocycles. The second kappa shape index (κ2) is 2.46. The summed E-state index contributed by atoms with van der Waals surface area (Å²) in [7, 11) is -2.20. The molecule has 3 nitrogen and oxygen atoms in total. The molecule has 0 bridgehead atoms. The first-order valence-corrected chi connectivity index (χ1v) is 4.98. The van der Waals surface area contributed by atoms with Crippen molar-refractivity contribution < 1.29 is 9.11 Å². The van der Waals surface area contributed by atoms with Crippen molar-refractivity contribution in [3.8, 4) is 0 Å². The Labute approximate surface area is 56.6 Å². The van der Waals surface area contributed by atoms with Crippen LogP contribution in [-0.4, -0.2) is 26.7 Å². The molecule has 1 fully saturated rings. The molecule has 4 heteroatoms. The van der Waals surface area contributed by atoms with Gasteiger partial charge in [0.25, 0.3) is 0 Å². The zero-order valence-electron chi connectivity index (χ0n) is 5.29. The van der Waals surface area contributed by atoms with E-state index in [9.17, 15) is 0 Å². The SMILES string of the molecule is NC1CCS(O)(O)CC1. The van der Waals surface area contributed by atoms with Gasteiger partial charge in [-0.2, -0.15) is 10.6 Å². The predicted molar refractivity (Wildman–Crippen MR) is 39.8 cm³/mol. The van der Waals surface area contributed by atoms with Crippen molar-refractivity contribution in [3.05, 3.63) is 0 Å². The molecule has 9 heavy (non-hydrogen) atoms. The van der Waals surface area contributed by atoms with E-state index in [0.717, 1.165) is 12.8 Å². The van der Waals surface area contributed by atoms with Crippen molar-refractivity contribution in [2.24, 2.45) is 5.73 Å². The molecule has 0 aromatic rings. The number of nitrogens with two attached hydrogens (primary N) is 1. The average molecular weight is 151 g/mol. The highest BCUT2D eigenvalue weighted by atomic mass is 32.3. The van der Waals surface area contributed by atoms with Crippen molar-refractivity contribution in [2.45, 2.75) is 18.9 Å². The zero-order chi connectivity index (χ0) is 6.91. The van der Waals surface area contributed by atoms with Crippen LogP contribution in [0, 0.1) is 0 Å². The Kier molecular flexibility index (Phi) is 2.00. The summed E-state index contributed by atoms with van der Waals surface area (Å²) < 4.78 is 18.2. The van der Waals surface area contributed by atoms with E-state index in [1.165, 1.54) is 0 Å². The monoisotopic (exact) mass is 151 g/mol. The predicted octanol–water partition coefficient (Wildman–Crippen LogP) is 0.858. The molecule has 4 N–H and O–H groups in total. The van der Waals surface area contributed by atoms with E-state index in [0.29, 0.717) is 11.5 Å². The second-order valence-electron chi connectivity index (χ2n) is 2.55. The van der Waals surface area contributed by atoms with E-state index in [1.54, 1.807) is 0 Å². The number of hydrogen-bond acceptors (Lipinski definition) is 3. The maximum absolute atomic E-state index is 9.08. The molecule has 0 spiro atoms. The fourth-order valence-corrected chi connectivity index (χ4v) is 2.49. The van der Waals surface area contributed by atoms with Gasteiger partial charge < -0.3 is 5.73 Å². The van der Waals surface area contributed by atoms with Gasteiger partial charge >= 0.3 is 0 Å². The third-order valence-electron chi connectivity index (χ3n) is 1.63. The fraction of sp³-hybridized carbons (Fsp3) is 1.00. The molecule has 1 heterocycles. The van der Waals surface area contributed by atoms with Crippen LogP contribution in [0.5, 0.6) is 0 Å². The minimum Gasteiger partial charge on any atom is -0.328 e. The lowest BCUT2D eigenvalue weighted by Gasteiger charge is -2.37. The van der Waals surface area contributed by atoms with Crippen LogP contribution in [-0.2, 0) is 0 Å². The van der Waals surface area contributed by atoms with E-state index in [-0.39, 0.29) is 6.04 Å². The van der Waals surface area contributed by atoms with Gasteiger partial charge in [-0.05, 0) is 12.8 Å². The summed E-state index contributed by atoms with van der Waals surface area (Å²) in [4.78, 5) is 0. The Morgan fingerprint density at radius 2 is 1.67 bits per heavy atom. The highest BCUT2D eigenvalue weighted by Gasteiger charge is 2.20. The first kappa shape index (κ1) is 7.34. The van der Waals surface area contributed by atoms with Crippen molar-refractivity contribution >= 4 is 10.6 Å². The molecule has 0 amide bonds. The fourth-order valence-electron chi connectivity index (χ4n) is 0.927. The van der Waals surface area contributed by atoms with Crippen LogP contribution in [0.1, 0.15) is 12.8 Å². The van der Waals surface area contributed by atoms with Crippen LogP contribution in [0.4, 0.5) is 0 Å². The van der Waals surface area contributed by atoms with E-state index in [1.807, 2.05) is 0 Å². The summed E-state index contributed by atoms with van der Waals surface area (Å²) in [5, 5.41) is 0. The van der Waals surface area contributed by atoms with E-state index < -0.39 is 10.6 Å². The van der Waals surface area contributed by atoms with Crippen LogP contribution in [0.3, 0.4) is 0 Å². The Hall–Kier alpha value is 0.230. The van der Waals surface area contributed by atoms with Crippen molar-refractivity contribution in [1.82, 2.24) is 0 Å². The summed E-state index contributed by atoms with van der Waals surface area (Å²) in [5.41, 5.74) is 5.55. The minimum absolute atomic E-state index is 0.199. The third kappa shape index (κ3) is 2.14. The van der Waals surface area contributed by atoms with Gasteiger partial charge in [0.15, 0.2) is 0 Å². The lowest BCUT2D eigenvalue weighted by molar-refractivity contribution is 0.456. The highest BCUT2D eigenvalue weighted by molar-refractivity contribution is 8.24. The van der Waals surface area contributed by atoms with Crippen LogP contribution in [0.2, 0.25) is 0 Å². The summed E-state index contributed by atoms with van der Waals surface area (Å²) in [5.74, 6) is 1.02. The third-order valence-corrected chi connectivity index (χ3v) is 3.41. The summed E-state index contributed by atoms with van der Waals surface area (Å²) in [6.07, 6.45) is 1.53. The van der Waals surface area contributed by atoms with Crippen LogP contribution in [0.15, 0.2) is 0 Å². The highest BCUT2D eigenvalue weighted by Crippen LogP contribution is 2.43. The summed E-state index contributed by atoms with van der Waals surface area (Å²) >= 11 is 0. The molecule has 56 valence electrons. The van der Waals surface area contributed by atoms with Crippen molar-refractivity contribution in [1.29, 1.82) is 0 Å². The van der Waals surface area contributed by atoms with Crippen LogP contribution < -0.4 is 5.73 Å². The molecule has 0 aromatic carbocycles. The summed E-state index contributed by atoms with van der Waals surface area (Å²) in [6.45, 7) is 0.